The molecular formula is C17H13BrN4O2. The number of nitrogens with one attached hydrogen (secondary N) is 1. The van der Waals surface area contributed by atoms with Gasteiger partial charge in [0.25, 0.3) is 0 Å². The van der Waals surface area contributed by atoms with Crippen LogP contribution in [0.5, 0.6) is 0 Å². The third-order valence-electron chi connectivity index (χ3n) is 3.37. The number of carboxylic acids is 1. The Balaban J connectivity index is 1.85. The quantitative estimate of drug-likeness (QED) is 0.629. The van der Waals surface area contributed by atoms with Crippen molar-refractivity contribution in [2.75, 3.05) is 11.1 Å². The number of carbonyl (C=O) groups is 1. The largest absolute Gasteiger partial charge is 0.478 e. The molecule has 0 bridgehead atoms. The lowest BCUT2D eigenvalue weighted by Gasteiger charge is -2.10. The van der Waals surface area contributed by atoms with Crippen LogP contribution in [0.1, 0.15) is 10.4 Å². The van der Waals surface area contributed by atoms with Gasteiger partial charge in [-0.3, -0.25) is 0 Å². The van der Waals surface area contributed by atoms with Gasteiger partial charge < -0.3 is 16.2 Å². The van der Waals surface area contributed by atoms with Gasteiger partial charge in [-0.2, -0.15) is 4.98 Å². The Labute approximate surface area is 146 Å². The number of carboxylic acid groups (broad SMARTS) is 1. The molecular weight excluding hydrogens is 372 g/mol. The maximum atomic E-state index is 10.8. The van der Waals surface area contributed by atoms with Gasteiger partial charge >= 0.3 is 5.97 Å². The van der Waals surface area contributed by atoms with E-state index in [1.807, 2.05) is 24.3 Å². The zero-order valence-corrected chi connectivity index (χ0v) is 14.0. The van der Waals surface area contributed by atoms with Crippen molar-refractivity contribution in [1.82, 2.24) is 9.97 Å². The Morgan fingerprint density at radius 1 is 1.08 bits per heavy atom. The van der Waals surface area contributed by atoms with Crippen molar-refractivity contribution in [3.63, 3.8) is 0 Å². The Morgan fingerprint density at radius 3 is 2.42 bits per heavy atom. The summed E-state index contributed by atoms with van der Waals surface area (Å²) in [6.45, 7) is 0. The minimum Gasteiger partial charge on any atom is -0.478 e. The molecule has 0 aliphatic rings. The predicted molar refractivity (Wildman–Crippen MR) is 96.3 cm³/mol. The van der Waals surface area contributed by atoms with Crippen molar-refractivity contribution in [2.45, 2.75) is 0 Å². The summed E-state index contributed by atoms with van der Waals surface area (Å²) in [5.74, 6) is -0.284. The molecule has 0 aliphatic heterocycles. The minimum absolute atomic E-state index is 0.213. The number of hydrogen-bond acceptors (Lipinski definition) is 5. The van der Waals surface area contributed by atoms with Gasteiger partial charge in [-0.1, -0.05) is 34.1 Å². The summed E-state index contributed by atoms with van der Waals surface area (Å²) >= 11 is 3.48. The summed E-state index contributed by atoms with van der Waals surface area (Å²) in [6.07, 6.45) is 1.65. The molecule has 0 atom stereocenters. The second-order valence-electron chi connectivity index (χ2n) is 4.98. The molecule has 0 radical (unpaired) electrons. The molecule has 7 heteroatoms. The number of aromatic carboxylic acids is 1. The van der Waals surface area contributed by atoms with Crippen LogP contribution in [0.25, 0.3) is 11.1 Å². The van der Waals surface area contributed by atoms with Gasteiger partial charge in [-0.25, -0.2) is 9.78 Å². The smallest absolute Gasteiger partial charge is 0.335 e. The van der Waals surface area contributed by atoms with Crippen molar-refractivity contribution in [3.8, 4) is 11.1 Å². The molecule has 0 amide bonds. The molecule has 24 heavy (non-hydrogen) atoms. The van der Waals surface area contributed by atoms with Crippen LogP contribution in [0, 0.1) is 0 Å². The Kier molecular flexibility index (Phi) is 4.43. The average Bonchev–Trinajstić information content (AvgIpc) is 2.56. The number of nitrogens with two attached hydrogens (primary N) is 1. The summed E-state index contributed by atoms with van der Waals surface area (Å²) in [4.78, 5) is 19.4. The molecule has 1 aromatic heterocycles. The first-order valence-electron chi connectivity index (χ1n) is 7.02. The van der Waals surface area contributed by atoms with Gasteiger partial charge in [0.2, 0.25) is 5.95 Å². The van der Waals surface area contributed by atoms with Crippen LogP contribution in [0.15, 0.2) is 59.2 Å². The van der Waals surface area contributed by atoms with Crippen molar-refractivity contribution >= 4 is 39.4 Å². The second kappa shape index (κ2) is 6.67. The molecule has 0 saturated heterocycles. The highest BCUT2D eigenvalue weighted by atomic mass is 79.9. The molecule has 4 N–H and O–H groups in total. The third-order valence-corrected chi connectivity index (χ3v) is 4.06. The molecule has 0 saturated carbocycles. The Bertz CT molecular complexity index is 897. The van der Waals surface area contributed by atoms with Crippen LogP contribution in [0.3, 0.4) is 0 Å². The topological polar surface area (TPSA) is 101 Å². The Hall–Kier alpha value is -2.93. The minimum atomic E-state index is -0.972. The number of hydrogen-bond donors (Lipinski definition) is 3. The first-order chi connectivity index (χ1) is 11.5. The van der Waals surface area contributed by atoms with E-state index in [0.29, 0.717) is 17.5 Å². The van der Waals surface area contributed by atoms with Crippen molar-refractivity contribution < 1.29 is 9.90 Å². The molecule has 3 aromatic rings. The molecule has 0 fully saturated rings. The van der Waals surface area contributed by atoms with E-state index in [1.54, 1.807) is 18.3 Å². The zero-order chi connectivity index (χ0) is 17.1. The fourth-order valence-electron chi connectivity index (χ4n) is 2.17. The lowest BCUT2D eigenvalue weighted by Crippen LogP contribution is -2.03. The van der Waals surface area contributed by atoms with Gasteiger partial charge in [0.1, 0.15) is 5.82 Å². The Morgan fingerprint density at radius 2 is 1.79 bits per heavy atom. The van der Waals surface area contributed by atoms with Gasteiger partial charge in [-0.05, 0) is 30.3 Å². The van der Waals surface area contributed by atoms with Crippen molar-refractivity contribution in [1.29, 1.82) is 0 Å². The average molecular weight is 385 g/mol. The SMILES string of the molecule is Nc1nc(Nc2ccc(C(=O)O)cc2)ncc1-c1ccccc1Br. The summed E-state index contributed by atoms with van der Waals surface area (Å²) in [5.41, 5.74) is 8.58. The van der Waals surface area contributed by atoms with E-state index in [1.165, 1.54) is 12.1 Å². The van der Waals surface area contributed by atoms with E-state index in [0.717, 1.165) is 15.6 Å². The third kappa shape index (κ3) is 3.36. The van der Waals surface area contributed by atoms with Crippen LogP contribution < -0.4 is 11.1 Å². The summed E-state index contributed by atoms with van der Waals surface area (Å²) in [6, 6.07) is 14.0. The number of aromatic nitrogens is 2. The van der Waals surface area contributed by atoms with E-state index in [2.05, 4.69) is 31.2 Å². The van der Waals surface area contributed by atoms with Crippen LogP contribution in [0.4, 0.5) is 17.5 Å². The number of nitrogen functional groups attached to an aromatic ring is 1. The van der Waals surface area contributed by atoms with E-state index < -0.39 is 5.97 Å². The van der Waals surface area contributed by atoms with E-state index >= 15 is 0 Å². The predicted octanol–water partition coefficient (Wildman–Crippen LogP) is 3.93. The summed E-state index contributed by atoms with van der Waals surface area (Å²) < 4.78 is 0.908. The highest BCUT2D eigenvalue weighted by Crippen LogP contribution is 2.31. The molecule has 120 valence electrons. The van der Waals surface area contributed by atoms with Gasteiger partial charge in [0, 0.05) is 27.5 Å². The van der Waals surface area contributed by atoms with Crippen LogP contribution in [0.2, 0.25) is 0 Å². The highest BCUT2D eigenvalue weighted by Gasteiger charge is 2.10. The number of nitrogens with zero attached hydrogens (tertiary/aromatic N) is 2. The molecule has 1 heterocycles. The number of rotatable bonds is 4. The van der Waals surface area contributed by atoms with Gasteiger partial charge in [-0.15, -0.1) is 0 Å². The van der Waals surface area contributed by atoms with E-state index in [-0.39, 0.29) is 5.56 Å². The normalized spacial score (nSPS) is 10.4. The second-order valence-corrected chi connectivity index (χ2v) is 5.83. The van der Waals surface area contributed by atoms with Crippen LogP contribution in [-0.2, 0) is 0 Å². The molecule has 3 rings (SSSR count). The van der Waals surface area contributed by atoms with Crippen LogP contribution in [-0.4, -0.2) is 21.0 Å². The summed E-state index contributed by atoms with van der Waals surface area (Å²) in [7, 11) is 0. The van der Waals surface area contributed by atoms with Crippen molar-refractivity contribution in [2.24, 2.45) is 0 Å². The zero-order valence-electron chi connectivity index (χ0n) is 12.4. The lowest BCUT2D eigenvalue weighted by atomic mass is 10.1. The first kappa shape index (κ1) is 15.9. The standard InChI is InChI=1S/C17H13BrN4O2/c18-14-4-2-1-3-12(14)13-9-20-17(22-15(13)19)21-11-7-5-10(6-8-11)16(23)24/h1-9H,(H,23,24)(H3,19,20,21,22). The van der Waals surface area contributed by atoms with Crippen LogP contribution >= 0.6 is 15.9 Å². The maximum absolute atomic E-state index is 10.8. The van der Waals surface area contributed by atoms with E-state index in [9.17, 15) is 4.79 Å². The molecule has 0 aliphatic carbocycles. The fraction of sp³-hybridized carbons (Fsp3) is 0. The van der Waals surface area contributed by atoms with Crippen molar-refractivity contribution in [3.05, 3.63) is 64.8 Å². The van der Waals surface area contributed by atoms with Gasteiger partial charge in [0.05, 0.1) is 5.56 Å². The van der Waals surface area contributed by atoms with Gasteiger partial charge in [0.15, 0.2) is 0 Å². The number of benzene rings is 2. The first-order valence-corrected chi connectivity index (χ1v) is 7.81. The molecule has 2 aromatic carbocycles. The number of anilines is 3. The highest BCUT2D eigenvalue weighted by molar-refractivity contribution is 9.10. The maximum Gasteiger partial charge on any atom is 0.335 e. The van der Waals surface area contributed by atoms with E-state index in [4.69, 9.17) is 10.8 Å². The lowest BCUT2D eigenvalue weighted by molar-refractivity contribution is 0.0697. The monoisotopic (exact) mass is 384 g/mol. The summed E-state index contributed by atoms with van der Waals surface area (Å²) in [5, 5.41) is 11.9. The molecule has 6 nitrogen and oxygen atoms in total. The molecule has 0 spiro atoms. The molecule has 0 unspecified atom stereocenters. The fourth-order valence-corrected chi connectivity index (χ4v) is 2.67. The number of halogens is 1.